The Kier molecular flexibility index (Phi) is 22.8. The zero-order valence-electron chi connectivity index (χ0n) is 12.7. The molecule has 0 aliphatic rings. The molecule has 0 saturated carbocycles. The van der Waals surface area contributed by atoms with Crippen LogP contribution in [0.4, 0.5) is 0 Å². The van der Waals surface area contributed by atoms with Gasteiger partial charge in [-0.1, -0.05) is 106 Å². The normalized spacial score (nSPS) is 10.3. The zero-order valence-corrected chi connectivity index (χ0v) is 14.3. The maximum Gasteiger partial charge on any atom is 0.00313 e. The van der Waals surface area contributed by atoms with Crippen LogP contribution in [0.25, 0.3) is 0 Å². The molecule has 0 heterocycles. The fourth-order valence-corrected chi connectivity index (χ4v) is 2.69. The van der Waals surface area contributed by atoms with Crippen LogP contribution in [0.3, 0.4) is 0 Å². The first kappa shape index (κ1) is 20.8. The second kappa shape index (κ2) is 19.8. The molecule has 0 rings (SSSR count). The van der Waals surface area contributed by atoms with Crippen molar-refractivity contribution in [2.75, 3.05) is 5.33 Å². The summed E-state index contributed by atoms with van der Waals surface area (Å²) in [7, 11) is 0. The Balaban J connectivity index is 0. The SMILES string of the molecule is CCCCCCCCCCCCCCCCBr.N. The van der Waals surface area contributed by atoms with Crippen molar-refractivity contribution in [1.82, 2.24) is 6.15 Å². The molecular weight excluding hydrogens is 286 g/mol. The minimum absolute atomic E-state index is 0. The van der Waals surface area contributed by atoms with Crippen molar-refractivity contribution >= 4 is 15.9 Å². The molecule has 2 heteroatoms. The third kappa shape index (κ3) is 18.8. The van der Waals surface area contributed by atoms with Crippen LogP contribution in [0.5, 0.6) is 0 Å². The summed E-state index contributed by atoms with van der Waals surface area (Å²) in [6.07, 6.45) is 20.3. The lowest BCUT2D eigenvalue weighted by molar-refractivity contribution is 0.538. The van der Waals surface area contributed by atoms with Gasteiger partial charge in [0.15, 0.2) is 0 Å². The molecule has 0 fully saturated rings. The minimum atomic E-state index is 0. The van der Waals surface area contributed by atoms with Gasteiger partial charge in [0.25, 0.3) is 0 Å². The van der Waals surface area contributed by atoms with Crippen LogP contribution in [0.2, 0.25) is 0 Å². The summed E-state index contributed by atoms with van der Waals surface area (Å²) in [6, 6.07) is 0. The summed E-state index contributed by atoms with van der Waals surface area (Å²) in [4.78, 5) is 0. The molecule has 0 atom stereocenters. The molecule has 0 bridgehead atoms. The highest BCUT2D eigenvalue weighted by molar-refractivity contribution is 9.09. The number of hydrogen-bond acceptors (Lipinski definition) is 1. The lowest BCUT2D eigenvalue weighted by Gasteiger charge is -2.02. The average Bonchev–Trinajstić information content (AvgIpc) is 2.35. The van der Waals surface area contributed by atoms with E-state index in [1.807, 2.05) is 0 Å². The number of alkyl halides is 1. The molecule has 0 amide bonds. The van der Waals surface area contributed by atoms with E-state index in [-0.39, 0.29) is 6.15 Å². The van der Waals surface area contributed by atoms with Crippen LogP contribution in [0.15, 0.2) is 0 Å². The van der Waals surface area contributed by atoms with Crippen molar-refractivity contribution < 1.29 is 0 Å². The molecule has 0 aliphatic heterocycles. The molecule has 18 heavy (non-hydrogen) atoms. The van der Waals surface area contributed by atoms with Gasteiger partial charge in [-0.15, -0.1) is 0 Å². The van der Waals surface area contributed by atoms with Crippen LogP contribution < -0.4 is 6.15 Å². The van der Waals surface area contributed by atoms with Crippen LogP contribution in [-0.4, -0.2) is 5.33 Å². The first-order valence-electron chi connectivity index (χ1n) is 7.97. The van der Waals surface area contributed by atoms with Gasteiger partial charge in [0, 0.05) is 5.33 Å². The van der Waals surface area contributed by atoms with E-state index in [0.717, 1.165) is 0 Å². The van der Waals surface area contributed by atoms with E-state index in [0.29, 0.717) is 0 Å². The largest absolute Gasteiger partial charge is 0.344 e. The summed E-state index contributed by atoms with van der Waals surface area (Å²) >= 11 is 3.48. The van der Waals surface area contributed by atoms with Crippen LogP contribution in [0, 0.1) is 0 Å². The van der Waals surface area contributed by atoms with Gasteiger partial charge in [0.05, 0.1) is 0 Å². The smallest absolute Gasteiger partial charge is 0.00313 e. The standard InChI is InChI=1S/C16H33Br.H3N/c1-2-3-4-5-6-7-8-9-10-11-12-13-14-15-16-17;/h2-16H2,1H3;1H3. The Morgan fingerprint density at radius 3 is 1.06 bits per heavy atom. The maximum atomic E-state index is 3.48. The fourth-order valence-electron chi connectivity index (χ4n) is 2.29. The quantitative estimate of drug-likeness (QED) is 0.270. The van der Waals surface area contributed by atoms with Gasteiger partial charge in [-0.3, -0.25) is 0 Å². The van der Waals surface area contributed by atoms with Crippen molar-refractivity contribution in [3.8, 4) is 0 Å². The van der Waals surface area contributed by atoms with Gasteiger partial charge in [0.2, 0.25) is 0 Å². The van der Waals surface area contributed by atoms with E-state index in [1.54, 1.807) is 0 Å². The molecular formula is C16H36BrN. The summed E-state index contributed by atoms with van der Waals surface area (Å²) in [5.41, 5.74) is 0. The minimum Gasteiger partial charge on any atom is -0.344 e. The zero-order chi connectivity index (χ0) is 12.6. The third-order valence-corrected chi connectivity index (χ3v) is 4.05. The number of unbranched alkanes of at least 4 members (excludes halogenated alkanes) is 13. The highest BCUT2D eigenvalue weighted by Crippen LogP contribution is 2.12. The number of halogens is 1. The summed E-state index contributed by atoms with van der Waals surface area (Å²) in [5, 5.41) is 1.19. The molecule has 0 saturated heterocycles. The lowest BCUT2D eigenvalue weighted by atomic mass is 10.0. The van der Waals surface area contributed by atoms with Crippen molar-refractivity contribution in [2.24, 2.45) is 0 Å². The highest BCUT2D eigenvalue weighted by Gasteiger charge is 1.93. The Hall–Kier alpha value is 0.440. The second-order valence-electron chi connectivity index (χ2n) is 5.29. The van der Waals surface area contributed by atoms with Gasteiger partial charge < -0.3 is 6.15 Å². The maximum absolute atomic E-state index is 3.48. The van der Waals surface area contributed by atoms with Gasteiger partial charge in [-0.25, -0.2) is 0 Å². The molecule has 0 aromatic carbocycles. The van der Waals surface area contributed by atoms with E-state index in [4.69, 9.17) is 0 Å². The van der Waals surface area contributed by atoms with Gasteiger partial charge >= 0.3 is 0 Å². The predicted molar refractivity (Wildman–Crippen MR) is 89.1 cm³/mol. The Labute approximate surface area is 124 Å². The Bertz CT molecular complexity index is 114. The predicted octanol–water partition coefficient (Wildman–Crippen LogP) is 7.02. The topological polar surface area (TPSA) is 35.0 Å². The third-order valence-electron chi connectivity index (χ3n) is 3.49. The van der Waals surface area contributed by atoms with Crippen LogP contribution in [0.1, 0.15) is 96.8 Å². The summed E-state index contributed by atoms with van der Waals surface area (Å²) in [6.45, 7) is 2.29. The van der Waals surface area contributed by atoms with Crippen LogP contribution >= 0.6 is 15.9 Å². The molecule has 0 aromatic heterocycles. The van der Waals surface area contributed by atoms with E-state index in [2.05, 4.69) is 22.9 Å². The monoisotopic (exact) mass is 321 g/mol. The fraction of sp³-hybridized carbons (Fsp3) is 1.00. The van der Waals surface area contributed by atoms with Crippen LogP contribution in [-0.2, 0) is 0 Å². The van der Waals surface area contributed by atoms with E-state index in [9.17, 15) is 0 Å². The van der Waals surface area contributed by atoms with Crippen molar-refractivity contribution in [1.29, 1.82) is 0 Å². The number of rotatable bonds is 14. The summed E-state index contributed by atoms with van der Waals surface area (Å²) < 4.78 is 0. The van der Waals surface area contributed by atoms with E-state index >= 15 is 0 Å². The Morgan fingerprint density at radius 1 is 0.500 bits per heavy atom. The Morgan fingerprint density at radius 2 is 0.778 bits per heavy atom. The molecule has 112 valence electrons. The van der Waals surface area contributed by atoms with Gasteiger partial charge in [-0.2, -0.15) is 0 Å². The van der Waals surface area contributed by atoms with Crippen molar-refractivity contribution in [3.05, 3.63) is 0 Å². The molecule has 0 radical (unpaired) electrons. The molecule has 0 unspecified atom stereocenters. The van der Waals surface area contributed by atoms with Crippen molar-refractivity contribution in [2.45, 2.75) is 96.8 Å². The molecule has 0 aliphatic carbocycles. The average molecular weight is 322 g/mol. The number of hydrogen-bond donors (Lipinski definition) is 1. The lowest BCUT2D eigenvalue weighted by Crippen LogP contribution is -1.83. The molecule has 3 N–H and O–H groups in total. The molecule has 0 spiro atoms. The highest BCUT2D eigenvalue weighted by atomic mass is 79.9. The summed E-state index contributed by atoms with van der Waals surface area (Å²) in [5.74, 6) is 0. The first-order valence-corrected chi connectivity index (χ1v) is 9.10. The first-order chi connectivity index (χ1) is 8.41. The van der Waals surface area contributed by atoms with E-state index in [1.165, 1.54) is 95.2 Å². The molecule has 1 nitrogen and oxygen atoms in total. The van der Waals surface area contributed by atoms with E-state index < -0.39 is 0 Å². The molecule has 0 aromatic rings. The van der Waals surface area contributed by atoms with Gasteiger partial charge in [-0.05, 0) is 6.42 Å². The van der Waals surface area contributed by atoms with Crippen molar-refractivity contribution in [3.63, 3.8) is 0 Å². The van der Waals surface area contributed by atoms with Gasteiger partial charge in [0.1, 0.15) is 0 Å². The second-order valence-corrected chi connectivity index (χ2v) is 6.08.